The van der Waals surface area contributed by atoms with E-state index in [-0.39, 0.29) is 30.1 Å². The maximum Gasteiger partial charge on any atom is 0.194 e. The van der Waals surface area contributed by atoms with Gasteiger partial charge in [-0.15, -0.1) is 24.0 Å². The molecule has 0 saturated carbocycles. The summed E-state index contributed by atoms with van der Waals surface area (Å²) in [7, 11) is 0. The molecule has 31 heavy (non-hydrogen) atoms. The number of imidazole rings is 1. The van der Waals surface area contributed by atoms with Gasteiger partial charge in [0.25, 0.3) is 0 Å². The van der Waals surface area contributed by atoms with Crippen LogP contribution in [0.15, 0.2) is 66.3 Å². The molecule has 4 rings (SSSR count). The molecule has 7 nitrogen and oxygen atoms in total. The van der Waals surface area contributed by atoms with Crippen LogP contribution < -0.4 is 5.32 Å². The number of aryl methyl sites for hydroxylation is 1. The first-order valence-electron chi connectivity index (χ1n) is 10.4. The number of morpholine rings is 1. The van der Waals surface area contributed by atoms with Gasteiger partial charge in [-0.25, -0.2) is 15.0 Å². The Kier molecular flexibility index (Phi) is 8.42. The Balaban J connectivity index is 0.00000272. The van der Waals surface area contributed by atoms with Crippen LogP contribution in [0, 0.1) is 6.92 Å². The van der Waals surface area contributed by atoms with Gasteiger partial charge in [0.1, 0.15) is 18.2 Å². The summed E-state index contributed by atoms with van der Waals surface area (Å²) in [5.41, 5.74) is 3.57. The number of hydrogen-bond acceptors (Lipinski definition) is 4. The van der Waals surface area contributed by atoms with E-state index in [0.29, 0.717) is 13.2 Å². The number of pyridine rings is 1. The molecular formula is C23H29IN6O. The van der Waals surface area contributed by atoms with E-state index in [4.69, 9.17) is 9.73 Å². The van der Waals surface area contributed by atoms with E-state index in [1.54, 1.807) is 12.5 Å². The van der Waals surface area contributed by atoms with Crippen LogP contribution in [0.2, 0.25) is 0 Å². The Morgan fingerprint density at radius 1 is 1.26 bits per heavy atom. The molecule has 1 atom stereocenters. The second kappa shape index (κ2) is 11.2. The van der Waals surface area contributed by atoms with Crippen molar-refractivity contribution in [1.29, 1.82) is 0 Å². The van der Waals surface area contributed by atoms with Gasteiger partial charge in [0, 0.05) is 31.7 Å². The molecule has 1 fully saturated rings. The van der Waals surface area contributed by atoms with Gasteiger partial charge in [0.15, 0.2) is 5.96 Å². The van der Waals surface area contributed by atoms with Crippen molar-refractivity contribution in [3.05, 3.63) is 78.0 Å². The Bertz CT molecular complexity index is 974. The zero-order valence-electron chi connectivity index (χ0n) is 17.9. The third-order valence-corrected chi connectivity index (χ3v) is 5.23. The highest BCUT2D eigenvalue weighted by molar-refractivity contribution is 14.0. The Morgan fingerprint density at radius 2 is 2.13 bits per heavy atom. The number of hydrogen-bond donors (Lipinski definition) is 1. The highest BCUT2D eigenvalue weighted by atomic mass is 127. The monoisotopic (exact) mass is 532 g/mol. The van der Waals surface area contributed by atoms with Crippen LogP contribution in [0.5, 0.6) is 0 Å². The first-order chi connectivity index (χ1) is 14.7. The number of nitrogens with zero attached hydrogens (tertiary/aromatic N) is 5. The average molecular weight is 532 g/mol. The van der Waals surface area contributed by atoms with Crippen molar-refractivity contribution >= 4 is 29.9 Å². The van der Waals surface area contributed by atoms with Crippen molar-refractivity contribution in [1.82, 2.24) is 24.8 Å². The quantitative estimate of drug-likeness (QED) is 0.308. The summed E-state index contributed by atoms with van der Waals surface area (Å²) >= 11 is 0. The maximum absolute atomic E-state index is 6.07. The minimum atomic E-state index is 0. The van der Waals surface area contributed by atoms with Crippen LogP contribution in [-0.4, -0.2) is 51.6 Å². The average Bonchev–Trinajstić information content (AvgIpc) is 3.32. The van der Waals surface area contributed by atoms with Gasteiger partial charge in [0.2, 0.25) is 0 Å². The lowest BCUT2D eigenvalue weighted by atomic mass is 10.0. The molecule has 1 N–H and O–H groups in total. The van der Waals surface area contributed by atoms with Crippen LogP contribution >= 0.6 is 24.0 Å². The molecule has 164 valence electrons. The standard InChI is InChI=1S/C23H28N6O.HI/c1-3-25-23(27-15-19-8-9-22(26-14-19)29-11-10-24-17-29)28-12-13-30-21(16-28)20-7-5-4-6-18(20)2;/h4-11,14,17,21H,3,12-13,15-16H2,1-2H3,(H,25,27);1H. The lowest BCUT2D eigenvalue weighted by Gasteiger charge is -2.35. The molecule has 0 spiro atoms. The molecule has 1 aliphatic heterocycles. The second-order valence-electron chi connectivity index (χ2n) is 7.33. The Hall–Kier alpha value is -2.46. The van der Waals surface area contributed by atoms with Gasteiger partial charge in [0.05, 0.1) is 19.7 Å². The first-order valence-corrected chi connectivity index (χ1v) is 10.4. The number of nitrogens with one attached hydrogen (secondary N) is 1. The molecule has 1 saturated heterocycles. The predicted octanol–water partition coefficient (Wildman–Crippen LogP) is 3.73. The van der Waals surface area contributed by atoms with E-state index < -0.39 is 0 Å². The fraction of sp³-hybridized carbons (Fsp3) is 0.348. The third-order valence-electron chi connectivity index (χ3n) is 5.23. The van der Waals surface area contributed by atoms with Crippen LogP contribution in [0.4, 0.5) is 0 Å². The number of ether oxygens (including phenoxy) is 1. The van der Waals surface area contributed by atoms with Crippen molar-refractivity contribution in [3.8, 4) is 5.82 Å². The SMILES string of the molecule is CCNC(=NCc1ccc(-n2ccnc2)nc1)N1CCOC(c2ccccc2C)C1.I. The summed E-state index contributed by atoms with van der Waals surface area (Å²) in [6, 6.07) is 12.5. The molecule has 0 amide bonds. The summed E-state index contributed by atoms with van der Waals surface area (Å²) in [6.45, 7) is 7.92. The van der Waals surface area contributed by atoms with Crippen molar-refractivity contribution in [2.75, 3.05) is 26.2 Å². The molecule has 1 aliphatic rings. The molecule has 0 bridgehead atoms. The van der Waals surface area contributed by atoms with E-state index in [1.165, 1.54) is 11.1 Å². The number of benzene rings is 1. The molecule has 1 aromatic carbocycles. The van der Waals surface area contributed by atoms with Gasteiger partial charge in [-0.3, -0.25) is 4.57 Å². The van der Waals surface area contributed by atoms with Gasteiger partial charge in [-0.1, -0.05) is 30.3 Å². The van der Waals surface area contributed by atoms with E-state index >= 15 is 0 Å². The topological polar surface area (TPSA) is 67.6 Å². The molecule has 8 heteroatoms. The summed E-state index contributed by atoms with van der Waals surface area (Å²) < 4.78 is 7.96. The van der Waals surface area contributed by atoms with Gasteiger partial charge in [-0.05, 0) is 36.6 Å². The third kappa shape index (κ3) is 5.82. The van der Waals surface area contributed by atoms with E-state index in [2.05, 4.69) is 64.4 Å². The number of aromatic nitrogens is 3. The number of halogens is 1. The lowest BCUT2D eigenvalue weighted by molar-refractivity contribution is -0.00834. The lowest BCUT2D eigenvalue weighted by Crippen LogP contribution is -2.48. The van der Waals surface area contributed by atoms with Gasteiger partial charge >= 0.3 is 0 Å². The zero-order valence-corrected chi connectivity index (χ0v) is 20.3. The summed E-state index contributed by atoms with van der Waals surface area (Å²) in [4.78, 5) is 15.7. The van der Waals surface area contributed by atoms with Gasteiger partial charge in [-0.2, -0.15) is 0 Å². The molecule has 0 radical (unpaired) electrons. The summed E-state index contributed by atoms with van der Waals surface area (Å²) in [5.74, 6) is 1.76. The van der Waals surface area contributed by atoms with Crippen molar-refractivity contribution < 1.29 is 4.74 Å². The maximum atomic E-state index is 6.07. The number of rotatable bonds is 5. The van der Waals surface area contributed by atoms with Crippen molar-refractivity contribution in [2.24, 2.45) is 4.99 Å². The second-order valence-corrected chi connectivity index (χ2v) is 7.33. The van der Waals surface area contributed by atoms with Crippen LogP contribution in [0.1, 0.15) is 29.7 Å². The molecular weight excluding hydrogens is 503 g/mol. The normalized spacial score (nSPS) is 16.6. The van der Waals surface area contributed by atoms with E-state index in [0.717, 1.165) is 37.0 Å². The van der Waals surface area contributed by atoms with Gasteiger partial charge < -0.3 is 15.0 Å². The summed E-state index contributed by atoms with van der Waals surface area (Å²) in [5, 5.41) is 3.43. The zero-order chi connectivity index (χ0) is 20.8. The first kappa shape index (κ1) is 23.2. The van der Waals surface area contributed by atoms with Crippen LogP contribution in [0.3, 0.4) is 0 Å². The number of guanidine groups is 1. The van der Waals surface area contributed by atoms with Crippen molar-refractivity contribution in [2.45, 2.75) is 26.5 Å². The van der Waals surface area contributed by atoms with E-state index in [1.807, 2.05) is 23.0 Å². The minimum absolute atomic E-state index is 0. The molecule has 2 aromatic heterocycles. The highest BCUT2D eigenvalue weighted by Crippen LogP contribution is 2.25. The molecule has 1 unspecified atom stereocenters. The summed E-state index contributed by atoms with van der Waals surface area (Å²) in [6.07, 6.45) is 7.30. The minimum Gasteiger partial charge on any atom is -0.370 e. The Labute approximate surface area is 200 Å². The Morgan fingerprint density at radius 3 is 2.84 bits per heavy atom. The van der Waals surface area contributed by atoms with Crippen LogP contribution in [0.25, 0.3) is 5.82 Å². The van der Waals surface area contributed by atoms with Crippen LogP contribution in [-0.2, 0) is 11.3 Å². The number of aliphatic imine (C=N–C) groups is 1. The van der Waals surface area contributed by atoms with Crippen molar-refractivity contribution in [3.63, 3.8) is 0 Å². The fourth-order valence-electron chi connectivity index (χ4n) is 3.63. The molecule has 3 aromatic rings. The van der Waals surface area contributed by atoms with E-state index in [9.17, 15) is 0 Å². The highest BCUT2D eigenvalue weighted by Gasteiger charge is 2.25. The molecule has 0 aliphatic carbocycles. The fourth-order valence-corrected chi connectivity index (χ4v) is 3.63. The smallest absolute Gasteiger partial charge is 0.194 e. The largest absolute Gasteiger partial charge is 0.370 e. The molecule has 3 heterocycles. The predicted molar refractivity (Wildman–Crippen MR) is 133 cm³/mol.